The fourth-order valence-corrected chi connectivity index (χ4v) is 5.23. The minimum atomic E-state index is -3.51. The third kappa shape index (κ3) is 2.51. The third-order valence-corrected chi connectivity index (χ3v) is 6.65. The van der Waals surface area contributed by atoms with Crippen molar-refractivity contribution in [2.24, 2.45) is 16.6 Å². The van der Waals surface area contributed by atoms with Crippen LogP contribution < -0.4 is 10.5 Å². The van der Waals surface area contributed by atoms with E-state index in [4.69, 9.17) is 5.73 Å². The van der Waals surface area contributed by atoms with Crippen molar-refractivity contribution in [2.45, 2.75) is 44.7 Å². The van der Waals surface area contributed by atoms with E-state index < -0.39 is 10.0 Å². The number of sulfonamides is 1. The zero-order valence-corrected chi connectivity index (χ0v) is 15.1. The summed E-state index contributed by atoms with van der Waals surface area (Å²) < 4.78 is 28.8. The smallest absolute Gasteiger partial charge is 0.240 e. The number of benzene rings is 1. The Bertz CT molecular complexity index is 593. The van der Waals surface area contributed by atoms with Crippen LogP contribution in [0.4, 0.5) is 0 Å². The topological polar surface area (TPSA) is 72.2 Å². The highest BCUT2D eigenvalue weighted by Crippen LogP contribution is 2.52. The lowest BCUT2D eigenvalue weighted by Gasteiger charge is -2.62. The Morgan fingerprint density at radius 3 is 2.00 bits per heavy atom. The second-order valence-corrected chi connectivity index (χ2v) is 9.59. The summed E-state index contributed by atoms with van der Waals surface area (Å²) in [5.41, 5.74) is 5.67. The van der Waals surface area contributed by atoms with Crippen LogP contribution >= 0.6 is 22.6 Å². The molecule has 1 aromatic rings. The Morgan fingerprint density at radius 1 is 1.10 bits per heavy atom. The van der Waals surface area contributed by atoms with Gasteiger partial charge in [-0.25, -0.2) is 13.1 Å². The summed E-state index contributed by atoms with van der Waals surface area (Å²) in [4.78, 5) is 0.296. The van der Waals surface area contributed by atoms with E-state index in [2.05, 4.69) is 27.3 Å². The molecule has 4 nitrogen and oxygen atoms in total. The van der Waals surface area contributed by atoms with E-state index in [0.717, 1.165) is 3.57 Å². The molecular formula is C14H21IN2O2S. The first-order chi connectivity index (χ1) is 8.99. The maximum absolute atomic E-state index is 12.5. The minimum absolute atomic E-state index is 0.0283. The van der Waals surface area contributed by atoms with Crippen LogP contribution in [0.5, 0.6) is 0 Å². The van der Waals surface area contributed by atoms with Crippen molar-refractivity contribution >= 4 is 32.6 Å². The molecule has 1 fully saturated rings. The predicted molar refractivity (Wildman–Crippen MR) is 88.8 cm³/mol. The van der Waals surface area contributed by atoms with Crippen molar-refractivity contribution in [3.05, 3.63) is 27.8 Å². The standard InChI is InChI=1S/C14H21IN2O2S/c1-13(2)11(16)14(3,4)12(13)17-20(18,19)10-7-5-9(15)6-8-10/h5-8,11-12,17H,16H2,1-4H3. The first-order valence-electron chi connectivity index (χ1n) is 6.53. The van der Waals surface area contributed by atoms with Crippen LogP contribution in [0.25, 0.3) is 0 Å². The molecule has 1 saturated carbocycles. The normalized spacial score (nSPS) is 27.9. The molecule has 0 bridgehead atoms. The molecule has 0 radical (unpaired) electrons. The minimum Gasteiger partial charge on any atom is -0.327 e. The second kappa shape index (κ2) is 4.93. The van der Waals surface area contributed by atoms with Gasteiger partial charge in [0.2, 0.25) is 10.0 Å². The summed E-state index contributed by atoms with van der Waals surface area (Å²) in [6, 6.07) is 6.63. The van der Waals surface area contributed by atoms with Gasteiger partial charge in [0.25, 0.3) is 0 Å². The largest absolute Gasteiger partial charge is 0.327 e. The molecular weight excluding hydrogens is 387 g/mol. The van der Waals surface area contributed by atoms with Gasteiger partial charge in [-0.15, -0.1) is 0 Å². The molecule has 1 aromatic carbocycles. The Kier molecular flexibility index (Phi) is 3.99. The summed E-state index contributed by atoms with van der Waals surface area (Å²) >= 11 is 2.15. The number of nitrogens with two attached hydrogens (primary N) is 1. The summed E-state index contributed by atoms with van der Waals surface area (Å²) in [5, 5.41) is 0. The number of rotatable bonds is 3. The molecule has 0 unspecified atom stereocenters. The van der Waals surface area contributed by atoms with Crippen LogP contribution in [0.1, 0.15) is 27.7 Å². The van der Waals surface area contributed by atoms with Gasteiger partial charge >= 0.3 is 0 Å². The van der Waals surface area contributed by atoms with E-state index in [1.807, 2.05) is 27.7 Å². The van der Waals surface area contributed by atoms with Crippen LogP contribution in [0.3, 0.4) is 0 Å². The van der Waals surface area contributed by atoms with Gasteiger partial charge in [0.1, 0.15) is 0 Å². The average molecular weight is 408 g/mol. The molecule has 0 atom stereocenters. The summed E-state index contributed by atoms with van der Waals surface area (Å²) in [7, 11) is -3.51. The number of nitrogens with one attached hydrogen (secondary N) is 1. The van der Waals surface area contributed by atoms with Crippen LogP contribution in [-0.4, -0.2) is 20.5 Å². The Balaban J connectivity index is 2.27. The van der Waals surface area contributed by atoms with E-state index in [9.17, 15) is 8.42 Å². The molecule has 0 saturated heterocycles. The van der Waals surface area contributed by atoms with E-state index in [1.165, 1.54) is 0 Å². The highest BCUT2D eigenvalue weighted by atomic mass is 127. The summed E-state index contributed by atoms with van der Waals surface area (Å²) in [6.45, 7) is 8.02. The molecule has 0 amide bonds. The molecule has 112 valence electrons. The van der Waals surface area contributed by atoms with Crippen molar-refractivity contribution in [1.82, 2.24) is 4.72 Å². The van der Waals surface area contributed by atoms with Gasteiger partial charge in [0.05, 0.1) is 4.90 Å². The van der Waals surface area contributed by atoms with Crippen LogP contribution in [0.2, 0.25) is 0 Å². The van der Waals surface area contributed by atoms with Gasteiger partial charge < -0.3 is 5.73 Å². The Morgan fingerprint density at radius 2 is 1.55 bits per heavy atom. The second-order valence-electron chi connectivity index (χ2n) is 6.63. The lowest BCUT2D eigenvalue weighted by molar-refractivity contribution is -0.0593. The molecule has 6 heteroatoms. The molecule has 0 heterocycles. The van der Waals surface area contributed by atoms with Crippen molar-refractivity contribution in [1.29, 1.82) is 0 Å². The average Bonchev–Trinajstić information content (AvgIpc) is 2.35. The van der Waals surface area contributed by atoms with E-state index >= 15 is 0 Å². The highest BCUT2D eigenvalue weighted by molar-refractivity contribution is 14.1. The molecule has 0 aromatic heterocycles. The summed E-state index contributed by atoms with van der Waals surface area (Å²) in [6.07, 6.45) is 0. The molecule has 0 aliphatic heterocycles. The van der Waals surface area contributed by atoms with Gasteiger partial charge in [0, 0.05) is 15.7 Å². The van der Waals surface area contributed by atoms with E-state index in [0.29, 0.717) is 4.90 Å². The number of hydrogen-bond acceptors (Lipinski definition) is 3. The van der Waals surface area contributed by atoms with Crippen LogP contribution in [0, 0.1) is 14.4 Å². The van der Waals surface area contributed by atoms with Gasteiger partial charge in [-0.2, -0.15) is 0 Å². The lowest BCUT2D eigenvalue weighted by atomic mass is 9.49. The van der Waals surface area contributed by atoms with E-state index in [-0.39, 0.29) is 22.9 Å². The molecule has 20 heavy (non-hydrogen) atoms. The van der Waals surface area contributed by atoms with Crippen LogP contribution in [-0.2, 0) is 10.0 Å². The van der Waals surface area contributed by atoms with Gasteiger partial charge in [-0.3, -0.25) is 0 Å². The van der Waals surface area contributed by atoms with Crippen molar-refractivity contribution < 1.29 is 8.42 Å². The van der Waals surface area contributed by atoms with Gasteiger partial charge in [-0.05, 0) is 57.7 Å². The maximum Gasteiger partial charge on any atom is 0.240 e. The molecule has 0 spiro atoms. The van der Waals surface area contributed by atoms with Crippen molar-refractivity contribution in [3.63, 3.8) is 0 Å². The monoisotopic (exact) mass is 408 g/mol. The van der Waals surface area contributed by atoms with E-state index in [1.54, 1.807) is 24.3 Å². The predicted octanol–water partition coefficient (Wildman–Crippen LogP) is 2.33. The molecule has 1 aliphatic rings. The van der Waals surface area contributed by atoms with Crippen LogP contribution in [0.15, 0.2) is 29.2 Å². The zero-order chi connectivity index (χ0) is 15.3. The molecule has 3 N–H and O–H groups in total. The maximum atomic E-state index is 12.5. The number of halogens is 1. The fourth-order valence-electron chi connectivity index (χ4n) is 3.32. The van der Waals surface area contributed by atoms with Crippen molar-refractivity contribution in [3.8, 4) is 0 Å². The first kappa shape index (κ1) is 16.2. The fraction of sp³-hybridized carbons (Fsp3) is 0.571. The van der Waals surface area contributed by atoms with Gasteiger partial charge in [-0.1, -0.05) is 27.7 Å². The number of hydrogen-bond donors (Lipinski definition) is 2. The third-order valence-electron chi connectivity index (χ3n) is 4.49. The Labute approximate surface area is 134 Å². The lowest BCUT2D eigenvalue weighted by Crippen LogP contribution is -2.75. The first-order valence-corrected chi connectivity index (χ1v) is 9.09. The molecule has 1 aliphatic carbocycles. The van der Waals surface area contributed by atoms with Crippen molar-refractivity contribution in [2.75, 3.05) is 0 Å². The molecule has 2 rings (SSSR count). The Hall–Kier alpha value is -0.180. The zero-order valence-electron chi connectivity index (χ0n) is 12.1. The highest BCUT2D eigenvalue weighted by Gasteiger charge is 2.61. The summed E-state index contributed by atoms with van der Waals surface area (Å²) in [5.74, 6) is 0. The quantitative estimate of drug-likeness (QED) is 0.755. The van der Waals surface area contributed by atoms with Gasteiger partial charge in [0.15, 0.2) is 0 Å². The SMILES string of the molecule is CC1(C)C(N)C(C)(C)C1NS(=O)(=O)c1ccc(I)cc1.